The molecule has 2 aliphatic rings. The molecule has 0 N–H and O–H groups in total. The van der Waals surface area contributed by atoms with Crippen LogP contribution in [0, 0.1) is 12.5 Å². The topological polar surface area (TPSA) is 42.6 Å². The Morgan fingerprint density at radius 1 is 1.25 bits per heavy atom. The van der Waals surface area contributed by atoms with Crippen molar-refractivity contribution in [3.63, 3.8) is 0 Å². The van der Waals surface area contributed by atoms with E-state index in [0.29, 0.717) is 25.5 Å². The largest absolute Gasteiger partial charge is 0.368 e. The van der Waals surface area contributed by atoms with E-state index in [0.717, 1.165) is 69.5 Å². The van der Waals surface area contributed by atoms with Gasteiger partial charge in [-0.15, -0.1) is 0 Å². The molecule has 0 aliphatic carbocycles. The maximum atomic E-state index is 7.25. The minimum Gasteiger partial charge on any atom is -0.368 e. The molecule has 5 nitrogen and oxygen atoms in total. The molecular formula is C25H25ClN4OS. The fourth-order valence-electron chi connectivity index (χ4n) is 4.91. The van der Waals surface area contributed by atoms with E-state index in [9.17, 15) is 0 Å². The Morgan fingerprint density at radius 2 is 2.09 bits per heavy atom. The summed E-state index contributed by atoms with van der Waals surface area (Å²) in [6, 6.07) is 12.3. The lowest BCUT2D eigenvalue weighted by molar-refractivity contribution is 0.0266. The van der Waals surface area contributed by atoms with Crippen molar-refractivity contribution in [1.82, 2.24) is 9.97 Å². The zero-order valence-electron chi connectivity index (χ0n) is 18.1. The van der Waals surface area contributed by atoms with Crippen molar-refractivity contribution in [3.05, 3.63) is 69.7 Å². The number of benzene rings is 2. The number of ether oxygens (including phenoxy) is 1. The van der Waals surface area contributed by atoms with E-state index in [2.05, 4.69) is 34.0 Å². The summed E-state index contributed by atoms with van der Waals surface area (Å²) in [6.07, 6.45) is 4.82. The first kappa shape index (κ1) is 21.5. The molecule has 32 heavy (non-hydrogen) atoms. The molecule has 1 unspecified atom stereocenters. The van der Waals surface area contributed by atoms with Gasteiger partial charge in [0.1, 0.15) is 5.82 Å². The van der Waals surface area contributed by atoms with Crippen LogP contribution in [0.4, 0.5) is 5.82 Å². The van der Waals surface area contributed by atoms with E-state index in [1.54, 1.807) is 11.8 Å². The van der Waals surface area contributed by atoms with Crippen LogP contribution in [0.2, 0.25) is 5.02 Å². The standard InChI is InChI=1S/C25H25ClN4OS/c1-27-13-16-6-5-11-30(14-16)24-19-15-31-22(12-21(19)28-25(29-24)32-2)18-9-3-7-17-8-4-10-20(26)23(17)18/h3-4,7-10,16,22H,5-6,11-15H2,2H3/t16-,22?/m0/s1. The summed E-state index contributed by atoms with van der Waals surface area (Å²) in [4.78, 5) is 15.7. The summed E-state index contributed by atoms with van der Waals surface area (Å²) >= 11 is 8.16. The normalized spacial score (nSPS) is 20.7. The Hall–Kier alpha value is -2.33. The number of fused-ring (bicyclic) bond motifs is 2. The number of rotatable bonds is 4. The van der Waals surface area contributed by atoms with Crippen LogP contribution in [0.1, 0.15) is 35.8 Å². The summed E-state index contributed by atoms with van der Waals surface area (Å²) in [6.45, 7) is 10.2. The van der Waals surface area contributed by atoms with Crippen LogP contribution in [-0.2, 0) is 17.8 Å². The van der Waals surface area contributed by atoms with E-state index in [1.165, 1.54) is 0 Å². The van der Waals surface area contributed by atoms with Crippen molar-refractivity contribution in [2.75, 3.05) is 30.8 Å². The van der Waals surface area contributed by atoms with E-state index in [4.69, 9.17) is 32.9 Å². The van der Waals surface area contributed by atoms with Crippen LogP contribution in [-0.4, -0.2) is 35.9 Å². The number of nitrogens with zero attached hydrogens (tertiary/aromatic N) is 4. The number of halogens is 1. The van der Waals surface area contributed by atoms with E-state index in [-0.39, 0.29) is 6.10 Å². The highest BCUT2D eigenvalue weighted by molar-refractivity contribution is 7.98. The summed E-state index contributed by atoms with van der Waals surface area (Å²) in [7, 11) is 0. The van der Waals surface area contributed by atoms with Gasteiger partial charge in [-0.1, -0.05) is 53.7 Å². The van der Waals surface area contributed by atoms with Gasteiger partial charge >= 0.3 is 0 Å². The van der Waals surface area contributed by atoms with Crippen molar-refractivity contribution in [2.24, 2.45) is 5.92 Å². The SMILES string of the molecule is [C-]#[N+]C[C@@H]1CCCN(c2nc(SC)nc3c2COC(c2cccc4cccc(Cl)c24)C3)C1. The summed E-state index contributed by atoms with van der Waals surface area (Å²) < 4.78 is 6.41. The van der Waals surface area contributed by atoms with Gasteiger partial charge in [-0.3, -0.25) is 0 Å². The summed E-state index contributed by atoms with van der Waals surface area (Å²) in [5.41, 5.74) is 3.26. The molecule has 5 rings (SSSR count). The molecule has 3 heterocycles. The molecule has 1 aromatic heterocycles. The van der Waals surface area contributed by atoms with E-state index < -0.39 is 0 Å². The summed E-state index contributed by atoms with van der Waals surface area (Å²) in [5, 5.41) is 3.72. The highest BCUT2D eigenvalue weighted by Crippen LogP contribution is 2.39. The fraction of sp³-hybridized carbons (Fsp3) is 0.400. The minimum absolute atomic E-state index is 0.0974. The smallest absolute Gasteiger partial charge is 0.219 e. The molecule has 164 valence electrons. The van der Waals surface area contributed by atoms with Gasteiger partial charge in [0.25, 0.3) is 0 Å². The zero-order valence-corrected chi connectivity index (χ0v) is 19.6. The quantitative estimate of drug-likeness (QED) is 0.271. The van der Waals surface area contributed by atoms with Gasteiger partial charge < -0.3 is 14.5 Å². The number of anilines is 1. The number of hydrogen-bond donors (Lipinski definition) is 0. The van der Waals surface area contributed by atoms with Crippen molar-refractivity contribution < 1.29 is 4.74 Å². The molecule has 2 aromatic carbocycles. The Balaban J connectivity index is 1.51. The van der Waals surface area contributed by atoms with E-state index >= 15 is 0 Å². The molecule has 0 amide bonds. The van der Waals surface area contributed by atoms with Crippen LogP contribution in [0.25, 0.3) is 15.6 Å². The third-order valence-electron chi connectivity index (χ3n) is 6.44. The Labute approximate surface area is 198 Å². The Morgan fingerprint density at radius 3 is 2.91 bits per heavy atom. The molecule has 0 radical (unpaired) electrons. The van der Waals surface area contributed by atoms with Gasteiger partial charge in [0, 0.05) is 41.4 Å². The van der Waals surface area contributed by atoms with Crippen molar-refractivity contribution in [1.29, 1.82) is 0 Å². The predicted molar refractivity (Wildman–Crippen MR) is 130 cm³/mol. The lowest BCUT2D eigenvalue weighted by Crippen LogP contribution is -2.38. The van der Waals surface area contributed by atoms with E-state index in [1.807, 2.05) is 18.4 Å². The van der Waals surface area contributed by atoms with Gasteiger partial charge in [-0.2, -0.15) is 0 Å². The van der Waals surface area contributed by atoms with Gasteiger partial charge in [0.05, 0.1) is 18.4 Å². The maximum absolute atomic E-state index is 7.25. The van der Waals surface area contributed by atoms with Gasteiger partial charge in [-0.25, -0.2) is 16.5 Å². The molecule has 2 aliphatic heterocycles. The average molecular weight is 465 g/mol. The molecule has 0 spiro atoms. The molecular weight excluding hydrogens is 440 g/mol. The second kappa shape index (κ2) is 9.27. The van der Waals surface area contributed by atoms with Crippen LogP contribution >= 0.6 is 23.4 Å². The third-order valence-corrected chi connectivity index (χ3v) is 7.30. The van der Waals surface area contributed by atoms with Crippen LogP contribution < -0.4 is 4.90 Å². The average Bonchev–Trinajstić information content (AvgIpc) is 2.83. The second-order valence-electron chi connectivity index (χ2n) is 8.44. The number of piperidine rings is 1. The second-order valence-corrected chi connectivity index (χ2v) is 9.62. The lowest BCUT2D eigenvalue weighted by atomic mass is 9.94. The molecule has 7 heteroatoms. The Bertz CT molecular complexity index is 1190. The zero-order chi connectivity index (χ0) is 22.1. The monoisotopic (exact) mass is 464 g/mol. The molecule has 2 atom stereocenters. The first-order valence-corrected chi connectivity index (χ1v) is 12.6. The lowest BCUT2D eigenvalue weighted by Gasteiger charge is -2.35. The Kier molecular flexibility index (Phi) is 6.23. The van der Waals surface area contributed by atoms with Gasteiger partial charge in [0.15, 0.2) is 5.16 Å². The van der Waals surface area contributed by atoms with Gasteiger partial charge in [0.2, 0.25) is 6.54 Å². The number of aromatic nitrogens is 2. The highest BCUT2D eigenvalue weighted by Gasteiger charge is 2.31. The minimum atomic E-state index is -0.0974. The first-order valence-electron chi connectivity index (χ1n) is 11.0. The molecule has 0 bridgehead atoms. The fourth-order valence-corrected chi connectivity index (χ4v) is 5.58. The van der Waals surface area contributed by atoms with Crippen LogP contribution in [0.15, 0.2) is 41.6 Å². The number of thioether (sulfide) groups is 1. The van der Waals surface area contributed by atoms with Crippen molar-refractivity contribution in [2.45, 2.75) is 37.1 Å². The molecule has 1 fully saturated rings. The van der Waals surface area contributed by atoms with Crippen molar-refractivity contribution >= 4 is 40.0 Å². The van der Waals surface area contributed by atoms with Crippen molar-refractivity contribution in [3.8, 4) is 0 Å². The predicted octanol–water partition coefficient (Wildman–Crippen LogP) is 5.95. The van der Waals surface area contributed by atoms with Crippen LogP contribution in [0.3, 0.4) is 0 Å². The first-order chi connectivity index (χ1) is 15.7. The van der Waals surface area contributed by atoms with Crippen LogP contribution in [0.5, 0.6) is 0 Å². The van der Waals surface area contributed by atoms with Gasteiger partial charge in [-0.05, 0) is 36.1 Å². The number of hydrogen-bond acceptors (Lipinski definition) is 5. The third kappa shape index (κ3) is 4.05. The molecule has 3 aromatic rings. The summed E-state index contributed by atoms with van der Waals surface area (Å²) in [5.74, 6) is 1.39. The molecule has 0 saturated carbocycles. The highest BCUT2D eigenvalue weighted by atomic mass is 35.5. The molecule has 1 saturated heterocycles. The maximum Gasteiger partial charge on any atom is 0.219 e.